The van der Waals surface area contributed by atoms with Crippen molar-refractivity contribution < 1.29 is 0 Å². The highest BCUT2D eigenvalue weighted by Crippen LogP contribution is 2.25. The zero-order valence-corrected chi connectivity index (χ0v) is 10.2. The van der Waals surface area contributed by atoms with Crippen LogP contribution in [0.25, 0.3) is 0 Å². The first-order valence-corrected chi connectivity index (χ1v) is 6.45. The van der Waals surface area contributed by atoms with E-state index in [1.165, 1.54) is 19.3 Å². The lowest BCUT2D eigenvalue weighted by molar-refractivity contribution is 0.490. The number of nitrogens with zero attached hydrogens (tertiary/aromatic N) is 1. The Morgan fingerprint density at radius 2 is 2.29 bits per heavy atom. The van der Waals surface area contributed by atoms with Crippen molar-refractivity contribution >= 4 is 11.8 Å². The maximum absolute atomic E-state index is 9.12. The molecule has 2 nitrogen and oxygen atoms in total. The Morgan fingerprint density at radius 1 is 1.64 bits per heavy atom. The van der Waals surface area contributed by atoms with Gasteiger partial charge in [0.25, 0.3) is 0 Å². The van der Waals surface area contributed by atoms with E-state index in [4.69, 9.17) is 5.26 Å². The molecule has 1 rings (SSSR count). The highest BCUT2D eigenvalue weighted by atomic mass is 32.2. The minimum absolute atomic E-state index is 0.324. The summed E-state index contributed by atoms with van der Waals surface area (Å²) in [6.07, 6.45) is 3.66. The molecule has 2 unspecified atom stereocenters. The van der Waals surface area contributed by atoms with Gasteiger partial charge in [0.05, 0.1) is 6.07 Å². The van der Waals surface area contributed by atoms with E-state index in [9.17, 15) is 0 Å². The van der Waals surface area contributed by atoms with Gasteiger partial charge >= 0.3 is 0 Å². The Bertz CT molecular complexity index is 220. The molecule has 0 amide bonds. The molecular formula is C11H20N2S. The molecular weight excluding hydrogens is 192 g/mol. The molecule has 0 aromatic rings. The van der Waals surface area contributed by atoms with E-state index in [-0.39, 0.29) is 5.54 Å². The zero-order chi connectivity index (χ0) is 10.6. The smallest absolute Gasteiger partial charge is 0.113 e. The first-order chi connectivity index (χ1) is 6.59. The van der Waals surface area contributed by atoms with Crippen molar-refractivity contribution in [1.29, 1.82) is 5.26 Å². The summed E-state index contributed by atoms with van der Waals surface area (Å²) in [5, 5.41) is 13.2. The van der Waals surface area contributed by atoms with Gasteiger partial charge in [-0.15, -0.1) is 0 Å². The van der Waals surface area contributed by atoms with Gasteiger partial charge in [-0.05, 0) is 26.2 Å². The van der Waals surface area contributed by atoms with Gasteiger partial charge in [0, 0.05) is 17.0 Å². The minimum atomic E-state index is -0.324. The summed E-state index contributed by atoms with van der Waals surface area (Å²) in [6, 6.07) is 3.01. The van der Waals surface area contributed by atoms with Crippen LogP contribution in [0.5, 0.6) is 0 Å². The molecule has 14 heavy (non-hydrogen) atoms. The van der Waals surface area contributed by atoms with Crippen LogP contribution in [0, 0.1) is 11.3 Å². The predicted octanol–water partition coefficient (Wildman–Crippen LogP) is 2.55. The van der Waals surface area contributed by atoms with Crippen molar-refractivity contribution in [2.75, 3.05) is 5.75 Å². The van der Waals surface area contributed by atoms with E-state index in [0.29, 0.717) is 11.3 Å². The van der Waals surface area contributed by atoms with E-state index in [0.717, 1.165) is 5.75 Å². The van der Waals surface area contributed by atoms with Gasteiger partial charge in [-0.3, -0.25) is 5.32 Å². The molecule has 0 aromatic carbocycles. The number of nitriles is 1. The molecule has 1 saturated carbocycles. The zero-order valence-electron chi connectivity index (χ0n) is 9.34. The molecule has 0 spiro atoms. The van der Waals surface area contributed by atoms with Crippen LogP contribution in [-0.2, 0) is 0 Å². The van der Waals surface area contributed by atoms with Gasteiger partial charge < -0.3 is 0 Å². The SMILES string of the molecule is CCC(C)SCC(C)(C#N)NC1CC1. The fraction of sp³-hybridized carbons (Fsp3) is 0.909. The molecule has 0 aromatic heterocycles. The maximum atomic E-state index is 9.12. The molecule has 0 saturated heterocycles. The lowest BCUT2D eigenvalue weighted by atomic mass is 10.1. The molecule has 0 bridgehead atoms. The van der Waals surface area contributed by atoms with Crippen molar-refractivity contribution in [3.05, 3.63) is 0 Å². The standard InChI is InChI=1S/C11H20N2S/c1-4-9(2)14-8-11(3,7-12)13-10-5-6-10/h9-10,13H,4-6,8H2,1-3H3. The number of hydrogen-bond donors (Lipinski definition) is 1. The summed E-state index contributed by atoms with van der Waals surface area (Å²) >= 11 is 1.89. The number of rotatable bonds is 6. The minimum Gasteiger partial charge on any atom is -0.296 e. The molecule has 2 atom stereocenters. The van der Waals surface area contributed by atoms with Gasteiger partial charge in [0.15, 0.2) is 0 Å². The molecule has 0 aliphatic heterocycles. The Morgan fingerprint density at radius 3 is 2.71 bits per heavy atom. The van der Waals surface area contributed by atoms with Gasteiger partial charge in [0.2, 0.25) is 0 Å². The van der Waals surface area contributed by atoms with Crippen LogP contribution in [0.15, 0.2) is 0 Å². The van der Waals surface area contributed by atoms with Crippen LogP contribution >= 0.6 is 11.8 Å². The quantitative estimate of drug-likeness (QED) is 0.735. The van der Waals surface area contributed by atoms with Crippen LogP contribution in [0.1, 0.15) is 40.0 Å². The van der Waals surface area contributed by atoms with Crippen molar-refractivity contribution in [2.45, 2.75) is 56.9 Å². The van der Waals surface area contributed by atoms with E-state index in [1.54, 1.807) is 0 Å². The highest BCUT2D eigenvalue weighted by molar-refractivity contribution is 7.99. The second-order valence-electron chi connectivity index (χ2n) is 4.39. The van der Waals surface area contributed by atoms with Crippen LogP contribution in [-0.4, -0.2) is 22.6 Å². The van der Waals surface area contributed by atoms with Crippen molar-refractivity contribution in [3.8, 4) is 6.07 Å². The third kappa shape index (κ3) is 3.89. The number of nitrogens with one attached hydrogen (secondary N) is 1. The summed E-state index contributed by atoms with van der Waals surface area (Å²) in [5.41, 5.74) is -0.324. The lowest BCUT2D eigenvalue weighted by Gasteiger charge is -2.24. The van der Waals surface area contributed by atoms with Crippen LogP contribution in [0.3, 0.4) is 0 Å². The average Bonchev–Trinajstić information content (AvgIpc) is 2.98. The molecule has 0 heterocycles. The number of thioether (sulfide) groups is 1. The third-order valence-corrected chi connectivity index (χ3v) is 4.22. The average molecular weight is 212 g/mol. The lowest BCUT2D eigenvalue weighted by Crippen LogP contribution is -2.45. The molecule has 0 radical (unpaired) electrons. The van der Waals surface area contributed by atoms with Crippen molar-refractivity contribution in [2.24, 2.45) is 0 Å². The molecule has 1 N–H and O–H groups in total. The van der Waals surface area contributed by atoms with Crippen LogP contribution in [0.2, 0.25) is 0 Å². The Labute approximate surface area is 91.4 Å². The molecule has 3 heteroatoms. The van der Waals surface area contributed by atoms with Crippen LogP contribution < -0.4 is 5.32 Å². The van der Waals surface area contributed by atoms with E-state index >= 15 is 0 Å². The van der Waals surface area contributed by atoms with Crippen molar-refractivity contribution in [3.63, 3.8) is 0 Å². The van der Waals surface area contributed by atoms with Crippen LogP contribution in [0.4, 0.5) is 0 Å². The first kappa shape index (κ1) is 11.9. The Kier molecular flexibility index (Phi) is 4.28. The van der Waals surface area contributed by atoms with E-state index in [1.807, 2.05) is 18.7 Å². The molecule has 1 aliphatic rings. The predicted molar refractivity (Wildman–Crippen MR) is 62.4 cm³/mol. The Hall–Kier alpha value is -0.200. The molecule has 80 valence electrons. The summed E-state index contributed by atoms with van der Waals surface area (Å²) < 4.78 is 0. The fourth-order valence-electron chi connectivity index (χ4n) is 1.21. The Balaban J connectivity index is 2.32. The first-order valence-electron chi connectivity index (χ1n) is 5.40. The maximum Gasteiger partial charge on any atom is 0.113 e. The molecule has 1 fully saturated rings. The second kappa shape index (κ2) is 5.04. The molecule has 1 aliphatic carbocycles. The van der Waals surface area contributed by atoms with Gasteiger partial charge in [-0.2, -0.15) is 17.0 Å². The largest absolute Gasteiger partial charge is 0.296 e. The summed E-state index contributed by atoms with van der Waals surface area (Å²) in [6.45, 7) is 6.43. The normalized spacial score (nSPS) is 22.4. The van der Waals surface area contributed by atoms with Gasteiger partial charge in [-0.25, -0.2) is 0 Å². The fourth-order valence-corrected chi connectivity index (χ4v) is 2.21. The summed E-state index contributed by atoms with van der Waals surface area (Å²) in [4.78, 5) is 0. The summed E-state index contributed by atoms with van der Waals surface area (Å²) in [5.74, 6) is 0.898. The third-order valence-electron chi connectivity index (χ3n) is 2.58. The van der Waals surface area contributed by atoms with Crippen molar-refractivity contribution in [1.82, 2.24) is 5.32 Å². The van der Waals surface area contributed by atoms with Gasteiger partial charge in [-0.1, -0.05) is 13.8 Å². The highest BCUT2D eigenvalue weighted by Gasteiger charge is 2.32. The van der Waals surface area contributed by atoms with E-state index in [2.05, 4.69) is 25.2 Å². The topological polar surface area (TPSA) is 35.8 Å². The van der Waals surface area contributed by atoms with E-state index < -0.39 is 0 Å². The van der Waals surface area contributed by atoms with Gasteiger partial charge in [0.1, 0.15) is 5.54 Å². The monoisotopic (exact) mass is 212 g/mol. The second-order valence-corrected chi connectivity index (χ2v) is 5.82. The number of hydrogen-bond acceptors (Lipinski definition) is 3. The summed E-state index contributed by atoms with van der Waals surface area (Å²) in [7, 11) is 0.